The van der Waals surface area contributed by atoms with Crippen molar-refractivity contribution >= 4 is 33.3 Å². The van der Waals surface area contributed by atoms with E-state index in [1.807, 2.05) is 19.9 Å². The van der Waals surface area contributed by atoms with Crippen molar-refractivity contribution in [3.8, 4) is 0 Å². The fourth-order valence-corrected chi connectivity index (χ4v) is 2.28. The molecule has 0 radical (unpaired) electrons. The third-order valence-corrected chi connectivity index (χ3v) is 3.31. The molecule has 0 saturated heterocycles. The van der Waals surface area contributed by atoms with Gasteiger partial charge in [-0.05, 0) is 40.9 Å². The molecule has 2 aromatic heterocycles. The van der Waals surface area contributed by atoms with E-state index in [4.69, 9.17) is 5.73 Å². The second kappa shape index (κ2) is 6.04. The summed E-state index contributed by atoms with van der Waals surface area (Å²) in [5.74, 6) is 0.136. The number of rotatable bonds is 4. The number of nitrogens with one attached hydrogen (secondary N) is 2. The van der Waals surface area contributed by atoms with Crippen LogP contribution in [0.5, 0.6) is 0 Å². The summed E-state index contributed by atoms with van der Waals surface area (Å²) < 4.78 is 0.859. The summed E-state index contributed by atoms with van der Waals surface area (Å²) in [6.45, 7) is 3.90. The van der Waals surface area contributed by atoms with Gasteiger partial charge in [0.05, 0.1) is 11.4 Å². The van der Waals surface area contributed by atoms with Crippen molar-refractivity contribution in [1.29, 1.82) is 0 Å². The highest BCUT2D eigenvalue weighted by atomic mass is 79.9. The lowest BCUT2D eigenvalue weighted by molar-refractivity contribution is 0.102. The zero-order valence-corrected chi connectivity index (χ0v) is 12.9. The summed E-state index contributed by atoms with van der Waals surface area (Å²) in [6.07, 6.45) is 3.32. The number of hydrogen-bond donors (Lipinski definition) is 3. The first-order valence-corrected chi connectivity index (χ1v) is 7.08. The van der Waals surface area contributed by atoms with Gasteiger partial charge in [0.1, 0.15) is 5.82 Å². The van der Waals surface area contributed by atoms with Gasteiger partial charge in [0.15, 0.2) is 5.69 Å². The third kappa shape index (κ3) is 2.98. The highest BCUT2D eigenvalue weighted by Gasteiger charge is 2.18. The summed E-state index contributed by atoms with van der Waals surface area (Å²) in [5, 5.41) is 9.50. The van der Waals surface area contributed by atoms with Crippen LogP contribution in [-0.4, -0.2) is 21.1 Å². The van der Waals surface area contributed by atoms with Gasteiger partial charge in [-0.2, -0.15) is 5.10 Å². The van der Waals surface area contributed by atoms with Crippen LogP contribution in [0.15, 0.2) is 16.7 Å². The number of hydrogen-bond acceptors (Lipinski definition) is 4. The molecule has 0 atom stereocenters. The highest BCUT2D eigenvalue weighted by Crippen LogP contribution is 2.20. The fourth-order valence-electron chi connectivity index (χ4n) is 1.84. The first-order chi connectivity index (χ1) is 9.52. The Bertz CT molecular complexity index is 638. The zero-order valence-electron chi connectivity index (χ0n) is 11.3. The van der Waals surface area contributed by atoms with Crippen molar-refractivity contribution in [3.63, 3.8) is 0 Å². The van der Waals surface area contributed by atoms with Crippen LogP contribution in [0.1, 0.15) is 35.1 Å². The van der Waals surface area contributed by atoms with Crippen LogP contribution in [0.3, 0.4) is 0 Å². The number of pyridine rings is 1. The van der Waals surface area contributed by atoms with E-state index < -0.39 is 0 Å². The van der Waals surface area contributed by atoms with Crippen LogP contribution in [0.2, 0.25) is 0 Å². The number of aromatic amines is 1. The minimum atomic E-state index is -0.362. The summed E-state index contributed by atoms with van der Waals surface area (Å²) >= 11 is 3.33. The largest absolute Gasteiger partial charge is 0.395 e. The van der Waals surface area contributed by atoms with Gasteiger partial charge < -0.3 is 11.1 Å². The Morgan fingerprint density at radius 2 is 2.30 bits per heavy atom. The van der Waals surface area contributed by atoms with Gasteiger partial charge in [-0.3, -0.25) is 9.89 Å². The summed E-state index contributed by atoms with van der Waals surface area (Å²) in [6, 6.07) is 1.87. The molecule has 1 amide bonds. The molecule has 0 aromatic carbocycles. The summed E-state index contributed by atoms with van der Waals surface area (Å²) in [5.41, 5.74) is 8.18. The number of nitrogens with zero attached hydrogens (tertiary/aromatic N) is 2. The highest BCUT2D eigenvalue weighted by molar-refractivity contribution is 9.10. The van der Waals surface area contributed by atoms with Crippen molar-refractivity contribution in [2.45, 2.75) is 26.7 Å². The number of carbonyl (C=O) groups excluding carboxylic acids is 1. The molecule has 2 rings (SSSR count). The molecule has 4 N–H and O–H groups in total. The topological polar surface area (TPSA) is 96.7 Å². The molecular weight excluding hydrogens is 322 g/mol. The van der Waals surface area contributed by atoms with Gasteiger partial charge in [-0.15, -0.1) is 0 Å². The third-order valence-electron chi connectivity index (χ3n) is 2.87. The zero-order chi connectivity index (χ0) is 14.7. The number of amides is 1. The van der Waals surface area contributed by atoms with E-state index >= 15 is 0 Å². The Kier molecular flexibility index (Phi) is 4.39. The van der Waals surface area contributed by atoms with Gasteiger partial charge in [0.2, 0.25) is 0 Å². The Hall–Kier alpha value is -1.89. The van der Waals surface area contributed by atoms with Crippen LogP contribution < -0.4 is 11.1 Å². The maximum absolute atomic E-state index is 12.2. The quantitative estimate of drug-likeness (QED) is 0.798. The van der Waals surface area contributed by atoms with E-state index in [-0.39, 0.29) is 11.6 Å². The van der Waals surface area contributed by atoms with Gasteiger partial charge in [0.25, 0.3) is 5.91 Å². The molecule has 0 fully saturated rings. The second-order valence-electron chi connectivity index (χ2n) is 4.49. The minimum Gasteiger partial charge on any atom is -0.395 e. The van der Waals surface area contributed by atoms with E-state index in [2.05, 4.69) is 36.4 Å². The molecule has 0 spiro atoms. The number of nitrogens with two attached hydrogens (primary N) is 1. The molecule has 0 aliphatic rings. The number of halogens is 1. The summed E-state index contributed by atoms with van der Waals surface area (Å²) in [7, 11) is 0. The minimum absolute atomic E-state index is 0.206. The normalized spacial score (nSPS) is 10.6. The first-order valence-electron chi connectivity index (χ1n) is 6.29. The van der Waals surface area contributed by atoms with Gasteiger partial charge in [-0.1, -0.05) is 13.3 Å². The summed E-state index contributed by atoms with van der Waals surface area (Å²) in [4.78, 5) is 16.3. The van der Waals surface area contributed by atoms with Crippen molar-refractivity contribution in [3.05, 3.63) is 33.7 Å². The van der Waals surface area contributed by atoms with E-state index in [0.29, 0.717) is 11.5 Å². The lowest BCUT2D eigenvalue weighted by Gasteiger charge is -2.06. The van der Waals surface area contributed by atoms with Gasteiger partial charge >= 0.3 is 0 Å². The van der Waals surface area contributed by atoms with Crippen LogP contribution in [-0.2, 0) is 6.42 Å². The lowest BCUT2D eigenvalue weighted by Crippen LogP contribution is -2.16. The molecule has 0 bridgehead atoms. The molecular formula is C13H16BrN5O. The number of anilines is 2. The molecule has 6 nitrogen and oxygen atoms in total. The van der Waals surface area contributed by atoms with Gasteiger partial charge in [0, 0.05) is 10.7 Å². The maximum Gasteiger partial charge on any atom is 0.279 e. The Morgan fingerprint density at radius 1 is 1.55 bits per heavy atom. The van der Waals surface area contributed by atoms with Crippen LogP contribution in [0, 0.1) is 6.92 Å². The average molecular weight is 338 g/mol. The molecule has 106 valence electrons. The number of carbonyl (C=O) groups is 1. The number of H-pyrrole nitrogens is 1. The Balaban J connectivity index is 2.20. The molecule has 0 saturated carbocycles. The van der Waals surface area contributed by atoms with Crippen molar-refractivity contribution in [1.82, 2.24) is 15.2 Å². The molecule has 20 heavy (non-hydrogen) atoms. The molecule has 2 heterocycles. The molecule has 0 aliphatic carbocycles. The van der Waals surface area contributed by atoms with E-state index in [1.54, 1.807) is 6.20 Å². The number of aryl methyl sites for hydroxylation is 2. The molecule has 0 unspecified atom stereocenters. The predicted molar refractivity (Wildman–Crippen MR) is 81.6 cm³/mol. The van der Waals surface area contributed by atoms with E-state index in [1.165, 1.54) is 0 Å². The van der Waals surface area contributed by atoms with Crippen molar-refractivity contribution in [2.24, 2.45) is 0 Å². The fraction of sp³-hybridized carbons (Fsp3) is 0.308. The SMILES string of the molecule is CCCc1[nH]nc(C(=O)Nc2ncc(Br)cc2C)c1N. The second-order valence-corrected chi connectivity index (χ2v) is 5.40. The first kappa shape index (κ1) is 14.5. The lowest BCUT2D eigenvalue weighted by atomic mass is 10.2. The molecule has 2 aromatic rings. The molecule has 0 aliphatic heterocycles. The average Bonchev–Trinajstić information content (AvgIpc) is 2.75. The van der Waals surface area contributed by atoms with Gasteiger partial charge in [-0.25, -0.2) is 4.98 Å². The maximum atomic E-state index is 12.2. The van der Waals surface area contributed by atoms with Crippen LogP contribution in [0.25, 0.3) is 0 Å². The van der Waals surface area contributed by atoms with Crippen molar-refractivity contribution < 1.29 is 4.79 Å². The predicted octanol–water partition coefficient (Wildman–Crippen LogP) is 2.66. The number of nitrogen functional groups attached to an aromatic ring is 1. The Labute approximate surface area is 125 Å². The smallest absolute Gasteiger partial charge is 0.279 e. The van der Waals surface area contributed by atoms with E-state index in [0.717, 1.165) is 28.6 Å². The monoisotopic (exact) mass is 337 g/mol. The molecule has 7 heteroatoms. The van der Waals surface area contributed by atoms with Crippen LogP contribution in [0.4, 0.5) is 11.5 Å². The standard InChI is InChI=1S/C13H16BrN5O/c1-3-4-9-10(15)11(19-18-9)13(20)17-12-7(2)5-8(14)6-16-12/h5-6H,3-4,15H2,1-2H3,(H,18,19)(H,16,17,20). The van der Waals surface area contributed by atoms with Crippen LogP contribution >= 0.6 is 15.9 Å². The Morgan fingerprint density at radius 3 is 2.95 bits per heavy atom. The van der Waals surface area contributed by atoms with E-state index in [9.17, 15) is 4.79 Å². The van der Waals surface area contributed by atoms with Crippen molar-refractivity contribution in [2.75, 3.05) is 11.1 Å². The number of aromatic nitrogens is 3.